The van der Waals surface area contributed by atoms with Gasteiger partial charge in [-0.2, -0.15) is 10.4 Å². The Morgan fingerprint density at radius 1 is 1.41 bits per heavy atom. The van der Waals surface area contributed by atoms with Gasteiger partial charge in [0, 0.05) is 31.4 Å². The Bertz CT molecular complexity index is 1050. The summed E-state index contributed by atoms with van der Waals surface area (Å²) in [7, 11) is 0. The fraction of sp³-hybridized carbons (Fsp3) is 0.389. The fourth-order valence-electron chi connectivity index (χ4n) is 3.65. The van der Waals surface area contributed by atoms with E-state index in [1.807, 2.05) is 28.0 Å². The normalized spacial score (nSPS) is 18.1. The van der Waals surface area contributed by atoms with E-state index in [1.54, 1.807) is 6.20 Å². The Labute approximate surface area is 155 Å². The third kappa shape index (κ3) is 2.61. The molecule has 0 spiro atoms. The third-order valence-electron chi connectivity index (χ3n) is 5.30. The first-order valence-corrected chi connectivity index (χ1v) is 8.94. The number of H-pyrrole nitrogens is 1. The van der Waals surface area contributed by atoms with Gasteiger partial charge in [-0.05, 0) is 18.9 Å². The molecule has 0 aromatic carbocycles. The summed E-state index contributed by atoms with van der Waals surface area (Å²) in [5, 5.41) is 17.9. The van der Waals surface area contributed by atoms with E-state index in [2.05, 4.69) is 31.4 Å². The van der Waals surface area contributed by atoms with Crippen LogP contribution in [0.1, 0.15) is 19.3 Å². The van der Waals surface area contributed by atoms with E-state index in [0.717, 1.165) is 29.6 Å². The molecular formula is C18H18N8O. The molecule has 1 aliphatic carbocycles. The average Bonchev–Trinajstić information content (AvgIpc) is 3.19. The van der Waals surface area contributed by atoms with E-state index < -0.39 is 5.54 Å². The van der Waals surface area contributed by atoms with Gasteiger partial charge < -0.3 is 15.2 Å². The largest absolute Gasteiger partial charge is 0.346 e. The lowest BCUT2D eigenvalue weighted by Crippen LogP contribution is -2.64. The van der Waals surface area contributed by atoms with E-state index in [0.29, 0.717) is 25.3 Å². The molecule has 2 fully saturated rings. The summed E-state index contributed by atoms with van der Waals surface area (Å²) in [4.78, 5) is 25.6. The lowest BCUT2D eigenvalue weighted by molar-refractivity contribution is -0.144. The maximum Gasteiger partial charge on any atom is 0.225 e. The number of aromatic amines is 1. The average molecular weight is 362 g/mol. The van der Waals surface area contributed by atoms with Crippen LogP contribution in [0.25, 0.3) is 11.0 Å². The molecule has 2 aliphatic rings. The maximum atomic E-state index is 12.2. The number of anilines is 2. The van der Waals surface area contributed by atoms with Gasteiger partial charge >= 0.3 is 0 Å². The van der Waals surface area contributed by atoms with Gasteiger partial charge in [-0.15, -0.1) is 0 Å². The van der Waals surface area contributed by atoms with Crippen LogP contribution in [0.4, 0.5) is 11.5 Å². The van der Waals surface area contributed by atoms with Gasteiger partial charge in [0.05, 0.1) is 29.8 Å². The number of amides is 1. The number of fused-ring (bicyclic) bond motifs is 1. The second-order valence-corrected chi connectivity index (χ2v) is 7.29. The predicted molar refractivity (Wildman–Crippen MR) is 96.9 cm³/mol. The number of nitriles is 1. The van der Waals surface area contributed by atoms with Crippen LogP contribution in [0, 0.1) is 17.2 Å². The molecule has 0 bridgehead atoms. The number of hydrogen-bond acceptors (Lipinski definition) is 6. The van der Waals surface area contributed by atoms with Crippen LogP contribution in [0.5, 0.6) is 0 Å². The van der Waals surface area contributed by atoms with E-state index >= 15 is 0 Å². The van der Waals surface area contributed by atoms with Crippen molar-refractivity contribution in [2.45, 2.75) is 24.8 Å². The zero-order chi connectivity index (χ0) is 18.4. The Kier molecular flexibility index (Phi) is 3.40. The number of carbonyl (C=O) groups is 1. The number of rotatable bonds is 5. The highest BCUT2D eigenvalue weighted by Gasteiger charge is 2.50. The van der Waals surface area contributed by atoms with Gasteiger partial charge in [0.1, 0.15) is 23.3 Å². The van der Waals surface area contributed by atoms with Gasteiger partial charge in [-0.1, -0.05) is 0 Å². The second-order valence-electron chi connectivity index (χ2n) is 7.29. The van der Waals surface area contributed by atoms with E-state index in [4.69, 9.17) is 0 Å². The summed E-state index contributed by atoms with van der Waals surface area (Å²) in [5.41, 5.74) is 1.09. The molecular weight excluding hydrogens is 344 g/mol. The SMILES string of the molecule is N#CCC1(n2cc(Nc3ncnc4[nH]ccc34)cn2)CN(C(=O)C2CC2)C1. The highest BCUT2D eigenvalue weighted by Crippen LogP contribution is 2.38. The summed E-state index contributed by atoms with van der Waals surface area (Å²) in [6, 6.07) is 4.16. The smallest absolute Gasteiger partial charge is 0.225 e. The number of nitrogens with zero attached hydrogens (tertiary/aromatic N) is 6. The minimum atomic E-state index is -0.450. The molecule has 1 saturated heterocycles. The Hall–Kier alpha value is -3.41. The summed E-state index contributed by atoms with van der Waals surface area (Å²) in [6.45, 7) is 1.07. The molecule has 27 heavy (non-hydrogen) atoms. The van der Waals surface area contributed by atoms with Crippen molar-refractivity contribution in [1.82, 2.24) is 29.6 Å². The lowest BCUT2D eigenvalue weighted by Gasteiger charge is -2.49. The predicted octanol–water partition coefficient (Wildman–Crippen LogP) is 1.76. The molecule has 4 heterocycles. The fourth-order valence-corrected chi connectivity index (χ4v) is 3.65. The van der Waals surface area contributed by atoms with Crippen LogP contribution in [0.3, 0.4) is 0 Å². The minimum Gasteiger partial charge on any atom is -0.346 e. The number of aromatic nitrogens is 5. The standard InChI is InChI=1S/C18H18N8O/c19-5-4-18(9-25(10-18)17(27)12-1-2-12)26-8-13(7-23-26)24-16-14-3-6-20-15(14)21-11-22-16/h3,6-8,11-12H,1-2,4,9-10H2,(H2,20,21,22,24). The van der Waals surface area contributed by atoms with E-state index in [1.165, 1.54) is 6.33 Å². The van der Waals surface area contributed by atoms with Crippen LogP contribution >= 0.6 is 0 Å². The number of nitrogens with one attached hydrogen (secondary N) is 2. The molecule has 1 amide bonds. The summed E-state index contributed by atoms with van der Waals surface area (Å²) < 4.78 is 1.81. The number of hydrogen-bond donors (Lipinski definition) is 2. The van der Waals surface area contributed by atoms with Crippen molar-refractivity contribution in [2.24, 2.45) is 5.92 Å². The number of carbonyl (C=O) groups excluding carboxylic acids is 1. The molecule has 0 atom stereocenters. The van der Waals surface area contributed by atoms with Crippen molar-refractivity contribution in [3.63, 3.8) is 0 Å². The van der Waals surface area contributed by atoms with Crippen LogP contribution < -0.4 is 5.32 Å². The first kappa shape index (κ1) is 15.8. The van der Waals surface area contributed by atoms with Crippen molar-refractivity contribution in [2.75, 3.05) is 18.4 Å². The first-order valence-electron chi connectivity index (χ1n) is 8.94. The van der Waals surface area contributed by atoms with Gasteiger partial charge in [0.2, 0.25) is 5.91 Å². The highest BCUT2D eigenvalue weighted by molar-refractivity contribution is 5.88. The third-order valence-corrected chi connectivity index (χ3v) is 5.30. The second kappa shape index (κ2) is 5.81. The zero-order valence-electron chi connectivity index (χ0n) is 14.6. The molecule has 3 aromatic heterocycles. The molecule has 1 saturated carbocycles. The molecule has 3 aromatic rings. The summed E-state index contributed by atoms with van der Waals surface area (Å²) in [5.74, 6) is 1.10. The van der Waals surface area contributed by atoms with E-state index in [9.17, 15) is 10.1 Å². The van der Waals surface area contributed by atoms with Crippen LogP contribution in [0.2, 0.25) is 0 Å². The van der Waals surface area contributed by atoms with Crippen molar-refractivity contribution < 1.29 is 4.79 Å². The number of likely N-dealkylation sites (tertiary alicyclic amines) is 1. The van der Waals surface area contributed by atoms with E-state index in [-0.39, 0.29) is 11.8 Å². The minimum absolute atomic E-state index is 0.196. The first-order chi connectivity index (χ1) is 13.2. The molecule has 9 nitrogen and oxygen atoms in total. The van der Waals surface area contributed by atoms with Crippen molar-refractivity contribution in [1.29, 1.82) is 5.26 Å². The summed E-state index contributed by atoms with van der Waals surface area (Å²) >= 11 is 0. The Balaban J connectivity index is 1.36. The lowest BCUT2D eigenvalue weighted by atomic mass is 9.86. The van der Waals surface area contributed by atoms with Crippen molar-refractivity contribution in [3.05, 3.63) is 31.0 Å². The maximum absolute atomic E-state index is 12.2. The molecule has 1 aliphatic heterocycles. The van der Waals surface area contributed by atoms with Gasteiger partial charge in [0.15, 0.2) is 0 Å². The van der Waals surface area contributed by atoms with Crippen molar-refractivity contribution in [3.8, 4) is 6.07 Å². The monoisotopic (exact) mass is 362 g/mol. The van der Waals surface area contributed by atoms with Crippen LogP contribution in [-0.4, -0.2) is 48.6 Å². The van der Waals surface area contributed by atoms with Crippen LogP contribution in [-0.2, 0) is 10.3 Å². The Morgan fingerprint density at radius 3 is 3.04 bits per heavy atom. The molecule has 2 N–H and O–H groups in total. The summed E-state index contributed by atoms with van der Waals surface area (Å²) in [6.07, 6.45) is 9.19. The molecule has 136 valence electrons. The zero-order valence-corrected chi connectivity index (χ0v) is 14.6. The molecule has 5 rings (SSSR count). The van der Waals surface area contributed by atoms with Gasteiger partial charge in [-0.3, -0.25) is 9.48 Å². The molecule has 9 heteroatoms. The van der Waals surface area contributed by atoms with Gasteiger partial charge in [-0.25, -0.2) is 9.97 Å². The highest BCUT2D eigenvalue weighted by atomic mass is 16.2. The van der Waals surface area contributed by atoms with Crippen LogP contribution in [0.15, 0.2) is 31.0 Å². The Morgan fingerprint density at radius 2 is 2.26 bits per heavy atom. The molecule has 0 radical (unpaired) electrons. The van der Waals surface area contributed by atoms with Crippen molar-refractivity contribution >= 4 is 28.4 Å². The quantitative estimate of drug-likeness (QED) is 0.714. The topological polar surface area (TPSA) is 116 Å². The van der Waals surface area contributed by atoms with Gasteiger partial charge in [0.25, 0.3) is 0 Å². The molecule has 0 unspecified atom stereocenters.